The van der Waals surface area contributed by atoms with Crippen LogP contribution in [0, 0.1) is 0 Å². The molecule has 0 radical (unpaired) electrons. The molecule has 0 saturated heterocycles. The number of amides is 1. The first-order valence-corrected chi connectivity index (χ1v) is 15.7. The minimum absolute atomic E-state index is 0.00665. The fourth-order valence-electron chi connectivity index (χ4n) is 4.32. The highest BCUT2D eigenvalue weighted by Crippen LogP contribution is 2.24. The van der Waals surface area contributed by atoms with Crippen LogP contribution < -0.4 is 10.1 Å². The third kappa shape index (κ3) is 19.5. The first-order chi connectivity index (χ1) is 17.6. The molecule has 0 atom stereocenters. The molecule has 1 rings (SSSR count). The lowest BCUT2D eigenvalue weighted by Gasteiger charge is -2.12. The fourth-order valence-corrected chi connectivity index (χ4v) is 4.81. The Morgan fingerprint density at radius 1 is 0.722 bits per heavy atom. The average molecular weight is 522 g/mol. The van der Waals surface area contributed by atoms with E-state index in [9.17, 15) is 9.59 Å². The lowest BCUT2D eigenvalue weighted by molar-refractivity contribution is -0.137. The number of unbranched alkanes of at least 4 members (excludes halogenated alkanes) is 15. The molecule has 0 aromatic heterocycles. The number of nitrogens with one attached hydrogen (secondary N) is 1. The van der Waals surface area contributed by atoms with Gasteiger partial charge >= 0.3 is 5.97 Å². The Kier molecular flexibility index (Phi) is 21.3. The van der Waals surface area contributed by atoms with Gasteiger partial charge in [-0.25, -0.2) is 0 Å². The Bertz CT molecular complexity index is 683. The van der Waals surface area contributed by atoms with Crippen molar-refractivity contribution >= 4 is 29.3 Å². The van der Waals surface area contributed by atoms with Crippen LogP contribution in [0.5, 0.6) is 5.75 Å². The Morgan fingerprint density at radius 3 is 1.75 bits per heavy atom. The van der Waals surface area contributed by atoms with Gasteiger partial charge in [-0.2, -0.15) is 11.8 Å². The van der Waals surface area contributed by atoms with Crippen molar-refractivity contribution in [2.75, 3.05) is 23.9 Å². The predicted octanol–water partition coefficient (Wildman–Crippen LogP) is 8.86. The first kappa shape index (κ1) is 32.3. The molecule has 2 N–H and O–H groups in total. The second-order valence-corrected chi connectivity index (χ2v) is 10.8. The first-order valence-electron chi connectivity index (χ1n) is 14.4. The van der Waals surface area contributed by atoms with Crippen molar-refractivity contribution in [3.63, 3.8) is 0 Å². The highest BCUT2D eigenvalue weighted by Gasteiger charge is 2.08. The third-order valence-corrected chi connectivity index (χ3v) is 7.15. The number of carboxylic acids is 1. The van der Waals surface area contributed by atoms with Crippen LogP contribution in [0.3, 0.4) is 0 Å². The zero-order chi connectivity index (χ0) is 26.1. The van der Waals surface area contributed by atoms with Crippen LogP contribution in [0.1, 0.15) is 122 Å². The number of para-hydroxylation sites is 2. The predicted molar refractivity (Wildman–Crippen MR) is 154 cm³/mol. The van der Waals surface area contributed by atoms with Crippen molar-refractivity contribution in [3.05, 3.63) is 24.3 Å². The summed E-state index contributed by atoms with van der Waals surface area (Å²) < 4.78 is 5.65. The fraction of sp³-hybridized carbons (Fsp3) is 0.733. The van der Waals surface area contributed by atoms with Gasteiger partial charge in [-0.1, -0.05) is 102 Å². The highest BCUT2D eigenvalue weighted by atomic mass is 32.2. The van der Waals surface area contributed by atoms with Crippen molar-refractivity contribution in [1.29, 1.82) is 0 Å². The molecule has 0 aliphatic rings. The summed E-state index contributed by atoms with van der Waals surface area (Å²) in [5, 5.41) is 11.7. The van der Waals surface area contributed by atoms with E-state index in [-0.39, 0.29) is 12.3 Å². The number of carbonyl (C=O) groups excluding carboxylic acids is 1. The second kappa shape index (κ2) is 23.7. The van der Waals surface area contributed by atoms with Crippen molar-refractivity contribution in [1.82, 2.24) is 0 Å². The van der Waals surface area contributed by atoms with Crippen LogP contribution in [0.4, 0.5) is 5.69 Å². The summed E-state index contributed by atoms with van der Waals surface area (Å²) in [6.07, 6.45) is 24.4. The number of anilines is 1. The molecule has 5 nitrogen and oxygen atoms in total. The number of ether oxygens (including phenoxy) is 1. The molecule has 1 aromatic carbocycles. The minimum atomic E-state index is -0.830. The molecular weight excluding hydrogens is 470 g/mol. The van der Waals surface area contributed by atoms with Crippen LogP contribution >= 0.6 is 11.8 Å². The lowest BCUT2D eigenvalue weighted by Crippen LogP contribution is -2.12. The molecule has 0 heterocycles. The van der Waals surface area contributed by atoms with Crippen molar-refractivity contribution in [2.24, 2.45) is 0 Å². The normalized spacial score (nSPS) is 10.9. The van der Waals surface area contributed by atoms with Crippen molar-refractivity contribution in [3.8, 4) is 5.75 Å². The zero-order valence-corrected chi connectivity index (χ0v) is 23.6. The number of carbonyl (C=O) groups is 2. The maximum absolute atomic E-state index is 12.3. The van der Waals surface area contributed by atoms with Crippen LogP contribution in [-0.2, 0) is 9.59 Å². The van der Waals surface area contributed by atoms with Gasteiger partial charge in [0.1, 0.15) is 5.75 Å². The summed E-state index contributed by atoms with van der Waals surface area (Å²) >= 11 is 1.96. The topological polar surface area (TPSA) is 75.6 Å². The van der Waals surface area contributed by atoms with Gasteiger partial charge in [0.15, 0.2) is 0 Å². The molecule has 36 heavy (non-hydrogen) atoms. The average Bonchev–Trinajstić information content (AvgIpc) is 2.86. The number of hydrogen-bond acceptors (Lipinski definition) is 4. The highest BCUT2D eigenvalue weighted by molar-refractivity contribution is 7.98. The zero-order valence-electron chi connectivity index (χ0n) is 22.7. The van der Waals surface area contributed by atoms with E-state index >= 15 is 0 Å². The smallest absolute Gasteiger partial charge is 0.303 e. The summed E-state index contributed by atoms with van der Waals surface area (Å²) in [4.78, 5) is 22.9. The number of thioether (sulfide) groups is 1. The number of carboxylic acid groups (broad SMARTS) is 1. The van der Waals surface area contributed by atoms with Crippen LogP contribution in [0.25, 0.3) is 0 Å². The maximum Gasteiger partial charge on any atom is 0.303 e. The Balaban J connectivity index is 1.93. The van der Waals surface area contributed by atoms with Crippen LogP contribution in [0.2, 0.25) is 0 Å². The minimum Gasteiger partial charge on any atom is -0.491 e. The van der Waals surface area contributed by atoms with E-state index in [1.165, 1.54) is 95.6 Å². The molecule has 0 spiro atoms. The van der Waals surface area contributed by atoms with E-state index in [4.69, 9.17) is 9.84 Å². The summed E-state index contributed by atoms with van der Waals surface area (Å²) in [5.41, 5.74) is 0.652. The second-order valence-electron chi connectivity index (χ2n) is 9.79. The van der Waals surface area contributed by atoms with Crippen LogP contribution in [0.15, 0.2) is 24.3 Å². The summed E-state index contributed by atoms with van der Waals surface area (Å²) in [7, 11) is 0. The number of rotatable bonds is 25. The van der Waals surface area contributed by atoms with E-state index in [2.05, 4.69) is 11.6 Å². The largest absolute Gasteiger partial charge is 0.491 e. The molecule has 0 bridgehead atoms. The van der Waals surface area contributed by atoms with E-state index < -0.39 is 5.97 Å². The molecular formula is C30H51NO4S. The van der Waals surface area contributed by atoms with Crippen LogP contribution in [-0.4, -0.2) is 35.6 Å². The maximum atomic E-state index is 12.3. The third-order valence-electron chi connectivity index (χ3n) is 6.46. The van der Waals surface area contributed by atoms with E-state index in [1.807, 2.05) is 30.0 Å². The van der Waals surface area contributed by atoms with Gasteiger partial charge in [-0.3, -0.25) is 9.59 Å². The van der Waals surface area contributed by atoms with Gasteiger partial charge in [0.2, 0.25) is 5.91 Å². The van der Waals surface area contributed by atoms with E-state index in [1.54, 1.807) is 6.07 Å². The molecule has 0 saturated carbocycles. The molecule has 6 heteroatoms. The summed E-state index contributed by atoms with van der Waals surface area (Å²) in [6.45, 7) is 0.317. The Labute approximate surface area is 224 Å². The van der Waals surface area contributed by atoms with E-state index in [0.29, 0.717) is 30.9 Å². The van der Waals surface area contributed by atoms with E-state index in [0.717, 1.165) is 12.8 Å². The molecule has 206 valence electrons. The van der Waals surface area contributed by atoms with Gasteiger partial charge in [-0.05, 0) is 43.4 Å². The molecule has 1 amide bonds. The van der Waals surface area contributed by atoms with Gasteiger partial charge in [0.05, 0.1) is 12.3 Å². The number of hydrogen-bond donors (Lipinski definition) is 2. The molecule has 0 aliphatic carbocycles. The SMILES string of the molecule is CSCCCCCCCCCCCCCCCCCCC(=O)Nc1ccccc1OCCCC(=O)O. The quantitative estimate of drug-likeness (QED) is 0.126. The number of benzene rings is 1. The molecule has 0 fully saturated rings. The molecule has 1 aromatic rings. The van der Waals surface area contributed by atoms with Gasteiger partial charge in [0.25, 0.3) is 0 Å². The lowest BCUT2D eigenvalue weighted by atomic mass is 10.0. The van der Waals surface area contributed by atoms with Crippen molar-refractivity contribution in [2.45, 2.75) is 122 Å². The summed E-state index contributed by atoms with van der Waals surface area (Å²) in [6, 6.07) is 7.32. The van der Waals surface area contributed by atoms with Crippen molar-refractivity contribution < 1.29 is 19.4 Å². The van der Waals surface area contributed by atoms with Gasteiger partial charge in [0, 0.05) is 12.8 Å². The van der Waals surface area contributed by atoms with Gasteiger partial charge < -0.3 is 15.2 Å². The molecule has 0 unspecified atom stereocenters. The van der Waals surface area contributed by atoms with Gasteiger partial charge in [-0.15, -0.1) is 0 Å². The Morgan fingerprint density at radius 2 is 1.22 bits per heavy atom. The Hall–Kier alpha value is -1.69. The monoisotopic (exact) mass is 521 g/mol. The summed E-state index contributed by atoms with van der Waals surface area (Å²) in [5.74, 6) is 1.09. The number of aliphatic carboxylic acids is 1. The standard InChI is InChI=1S/C30H51NO4S/c1-36-26-19-15-13-11-9-7-5-3-2-4-6-8-10-12-14-16-23-29(32)31-27-21-17-18-22-28(27)35-25-20-24-30(33)34/h17-18,21-22H,2-16,19-20,23-26H2,1H3,(H,31,32)(H,33,34). The molecule has 0 aliphatic heterocycles.